The Balaban J connectivity index is 2.19. The van der Waals surface area contributed by atoms with Crippen molar-refractivity contribution in [2.45, 2.75) is 0 Å². The third-order valence-electron chi connectivity index (χ3n) is 1.97. The average Bonchev–Trinajstić information content (AvgIpc) is 2.29. The number of benzene rings is 1. The summed E-state index contributed by atoms with van der Waals surface area (Å²) in [6.45, 7) is 0. The lowest BCUT2D eigenvalue weighted by molar-refractivity contribution is 0.0697. The van der Waals surface area contributed by atoms with Gasteiger partial charge in [0.1, 0.15) is 6.20 Å². The van der Waals surface area contributed by atoms with Gasteiger partial charge in [-0.1, -0.05) is 0 Å². The molecule has 0 spiro atoms. The van der Waals surface area contributed by atoms with Gasteiger partial charge in [0.05, 0.1) is 5.56 Å². The highest BCUT2D eigenvalue weighted by Gasteiger charge is 2.02. The predicted molar refractivity (Wildman–Crippen MR) is 59.3 cm³/mol. The van der Waals surface area contributed by atoms with Gasteiger partial charge in [-0.05, 0) is 24.3 Å². The number of anilines is 2. The van der Waals surface area contributed by atoms with Crippen LogP contribution in [0, 0.1) is 0 Å². The molecule has 3 N–H and O–H groups in total. The summed E-state index contributed by atoms with van der Waals surface area (Å²) >= 11 is 0. The molecule has 0 bridgehead atoms. The molecule has 0 fully saturated rings. The molecule has 0 aliphatic rings. The first-order valence-electron chi connectivity index (χ1n) is 4.67. The van der Waals surface area contributed by atoms with E-state index in [1.54, 1.807) is 12.1 Å². The molecule has 17 heavy (non-hydrogen) atoms. The molecule has 2 aromatic rings. The summed E-state index contributed by atoms with van der Waals surface area (Å²) in [7, 11) is 0. The minimum Gasteiger partial charge on any atom is -0.478 e. The van der Waals surface area contributed by atoms with Crippen LogP contribution in [0.4, 0.5) is 11.6 Å². The fraction of sp³-hybridized carbons (Fsp3) is 0. The summed E-state index contributed by atoms with van der Waals surface area (Å²) in [5.41, 5.74) is 0.416. The molecule has 0 saturated carbocycles. The maximum Gasteiger partial charge on any atom is 0.335 e. The van der Waals surface area contributed by atoms with Crippen LogP contribution in [-0.4, -0.2) is 26.3 Å². The van der Waals surface area contributed by atoms with Gasteiger partial charge in [-0.15, -0.1) is 10.2 Å². The van der Waals surface area contributed by atoms with Crippen LogP contribution in [0.1, 0.15) is 10.4 Å². The first-order chi connectivity index (χ1) is 8.15. The summed E-state index contributed by atoms with van der Waals surface area (Å²) in [5, 5.41) is 18.6. The first-order valence-corrected chi connectivity index (χ1v) is 4.67. The number of rotatable bonds is 3. The molecule has 0 saturated heterocycles. The van der Waals surface area contributed by atoms with Crippen LogP contribution in [0.5, 0.6) is 0 Å². The van der Waals surface area contributed by atoms with E-state index in [0.29, 0.717) is 5.69 Å². The van der Waals surface area contributed by atoms with E-state index in [0.717, 1.165) is 6.20 Å². The summed E-state index contributed by atoms with van der Waals surface area (Å²) in [5.74, 6) is -0.801. The number of aromatic amines is 1. The van der Waals surface area contributed by atoms with Gasteiger partial charge in [0.2, 0.25) is 5.95 Å². The number of hydrogen-bond acceptors (Lipinski definition) is 5. The molecular weight excluding hydrogens is 224 g/mol. The van der Waals surface area contributed by atoms with Crippen LogP contribution in [0.25, 0.3) is 0 Å². The zero-order valence-corrected chi connectivity index (χ0v) is 8.54. The van der Waals surface area contributed by atoms with Gasteiger partial charge in [-0.3, -0.25) is 9.78 Å². The number of nitrogens with zero attached hydrogens (tertiary/aromatic N) is 2. The minimum atomic E-state index is -0.996. The molecule has 0 unspecified atom stereocenters. The van der Waals surface area contributed by atoms with E-state index in [-0.39, 0.29) is 17.1 Å². The molecule has 1 aromatic heterocycles. The van der Waals surface area contributed by atoms with Crippen molar-refractivity contribution in [3.8, 4) is 0 Å². The SMILES string of the molecule is O=C(O)c1ccc(Nc2nncc(=O)[nH]2)cc1. The quantitative estimate of drug-likeness (QED) is 0.715. The van der Waals surface area contributed by atoms with Gasteiger partial charge in [0.15, 0.2) is 0 Å². The van der Waals surface area contributed by atoms with Crippen molar-refractivity contribution in [2.24, 2.45) is 0 Å². The Morgan fingerprint density at radius 2 is 2.00 bits per heavy atom. The van der Waals surface area contributed by atoms with Crippen LogP contribution >= 0.6 is 0 Å². The second kappa shape index (κ2) is 4.44. The Morgan fingerprint density at radius 1 is 1.29 bits per heavy atom. The molecule has 0 aliphatic heterocycles. The van der Waals surface area contributed by atoms with Crippen molar-refractivity contribution in [3.05, 3.63) is 46.4 Å². The zero-order chi connectivity index (χ0) is 12.3. The number of hydrogen-bond donors (Lipinski definition) is 3. The van der Waals surface area contributed by atoms with Gasteiger partial charge in [-0.2, -0.15) is 0 Å². The van der Waals surface area contributed by atoms with Crippen molar-refractivity contribution in [3.63, 3.8) is 0 Å². The molecule has 1 heterocycles. The molecule has 86 valence electrons. The van der Waals surface area contributed by atoms with Crippen molar-refractivity contribution < 1.29 is 9.90 Å². The van der Waals surface area contributed by atoms with Crippen LogP contribution in [-0.2, 0) is 0 Å². The fourth-order valence-corrected chi connectivity index (χ4v) is 1.20. The minimum absolute atomic E-state index is 0.184. The third-order valence-corrected chi connectivity index (χ3v) is 1.97. The molecule has 0 amide bonds. The number of carboxylic acids is 1. The average molecular weight is 232 g/mol. The van der Waals surface area contributed by atoms with Crippen LogP contribution in [0.2, 0.25) is 0 Å². The largest absolute Gasteiger partial charge is 0.478 e. The number of carboxylic acid groups (broad SMARTS) is 1. The molecular formula is C10H8N4O3. The summed E-state index contributed by atoms with van der Waals surface area (Å²) in [6, 6.07) is 6.02. The Hall–Kier alpha value is -2.70. The van der Waals surface area contributed by atoms with Gasteiger partial charge >= 0.3 is 5.97 Å². The summed E-state index contributed by atoms with van der Waals surface area (Å²) in [4.78, 5) is 24.0. The Bertz CT molecular complexity index is 591. The van der Waals surface area contributed by atoms with Gasteiger partial charge < -0.3 is 10.4 Å². The Labute approximate surface area is 95.1 Å². The third kappa shape index (κ3) is 2.65. The lowest BCUT2D eigenvalue weighted by atomic mass is 10.2. The van der Waals surface area contributed by atoms with Crippen molar-refractivity contribution in [1.82, 2.24) is 15.2 Å². The van der Waals surface area contributed by atoms with E-state index in [1.165, 1.54) is 12.1 Å². The number of aromatic nitrogens is 3. The number of H-pyrrole nitrogens is 1. The summed E-state index contributed by atoms with van der Waals surface area (Å²) in [6.07, 6.45) is 1.05. The van der Waals surface area contributed by atoms with Gasteiger partial charge in [0, 0.05) is 5.69 Å². The van der Waals surface area contributed by atoms with E-state index in [4.69, 9.17) is 5.11 Å². The number of carbonyl (C=O) groups is 1. The number of nitrogens with one attached hydrogen (secondary N) is 2. The van der Waals surface area contributed by atoms with E-state index >= 15 is 0 Å². The molecule has 0 aliphatic carbocycles. The normalized spacial score (nSPS) is 9.88. The standard InChI is InChI=1S/C10H8N4O3/c15-8-5-11-14-10(13-8)12-7-3-1-6(2-4-7)9(16)17/h1-5H,(H,16,17)(H2,12,13,14,15). The second-order valence-electron chi connectivity index (χ2n) is 3.19. The molecule has 0 atom stereocenters. The second-order valence-corrected chi connectivity index (χ2v) is 3.19. The molecule has 0 radical (unpaired) electrons. The molecule has 2 rings (SSSR count). The maximum atomic E-state index is 10.9. The first kappa shape index (κ1) is 10.8. The monoisotopic (exact) mass is 232 g/mol. The van der Waals surface area contributed by atoms with Crippen LogP contribution < -0.4 is 10.9 Å². The Morgan fingerprint density at radius 3 is 2.59 bits per heavy atom. The number of aromatic carboxylic acids is 1. The Kier molecular flexibility index (Phi) is 2.82. The van der Waals surface area contributed by atoms with E-state index in [9.17, 15) is 9.59 Å². The van der Waals surface area contributed by atoms with Crippen LogP contribution in [0.3, 0.4) is 0 Å². The van der Waals surface area contributed by atoms with Crippen molar-refractivity contribution in [1.29, 1.82) is 0 Å². The predicted octanol–water partition coefficient (Wildman–Crippen LogP) is 0.607. The molecule has 7 nitrogen and oxygen atoms in total. The molecule has 1 aromatic carbocycles. The lowest BCUT2D eigenvalue weighted by Crippen LogP contribution is -2.10. The topological polar surface area (TPSA) is 108 Å². The van der Waals surface area contributed by atoms with Crippen molar-refractivity contribution in [2.75, 3.05) is 5.32 Å². The fourth-order valence-electron chi connectivity index (χ4n) is 1.20. The highest BCUT2D eigenvalue weighted by molar-refractivity contribution is 5.88. The van der Waals surface area contributed by atoms with Gasteiger partial charge in [0.25, 0.3) is 5.56 Å². The zero-order valence-electron chi connectivity index (χ0n) is 8.54. The lowest BCUT2D eigenvalue weighted by Gasteiger charge is -2.03. The van der Waals surface area contributed by atoms with Gasteiger partial charge in [-0.25, -0.2) is 4.79 Å². The molecule has 7 heteroatoms. The van der Waals surface area contributed by atoms with E-state index in [1.807, 2.05) is 0 Å². The highest BCUT2D eigenvalue weighted by Crippen LogP contribution is 2.12. The maximum absolute atomic E-state index is 10.9. The van der Waals surface area contributed by atoms with E-state index < -0.39 is 5.97 Å². The highest BCUT2D eigenvalue weighted by atomic mass is 16.4. The van der Waals surface area contributed by atoms with Crippen molar-refractivity contribution >= 4 is 17.6 Å². The smallest absolute Gasteiger partial charge is 0.335 e. The van der Waals surface area contributed by atoms with Crippen LogP contribution in [0.15, 0.2) is 35.3 Å². The summed E-state index contributed by atoms with van der Waals surface area (Å²) < 4.78 is 0. The van der Waals surface area contributed by atoms with E-state index in [2.05, 4.69) is 20.5 Å².